The number of likely N-dealkylation sites (tertiary alicyclic amines) is 1. The molecule has 0 bridgehead atoms. The quantitative estimate of drug-likeness (QED) is 0.767. The standard InChI is InChI=1S/C18H25BrN4O/c1-13-11-15(19)17-21-14(2)16(23(17)12-13)18(24)20-7-3-4-8-22-9-5-6-10-22/h11-12H,3-10H2,1-2H3,(H,20,24). The van der Waals surface area contributed by atoms with E-state index in [0.29, 0.717) is 12.2 Å². The van der Waals surface area contributed by atoms with E-state index in [1.165, 1.54) is 25.9 Å². The van der Waals surface area contributed by atoms with Gasteiger partial charge in [0.05, 0.1) is 10.2 Å². The second kappa shape index (κ2) is 7.66. The maximum absolute atomic E-state index is 12.6. The van der Waals surface area contributed by atoms with Gasteiger partial charge in [-0.3, -0.25) is 9.20 Å². The maximum Gasteiger partial charge on any atom is 0.270 e. The minimum absolute atomic E-state index is 0.0429. The fourth-order valence-electron chi connectivity index (χ4n) is 3.37. The number of unbranched alkanes of at least 4 members (excludes halogenated alkanes) is 1. The summed E-state index contributed by atoms with van der Waals surface area (Å²) in [5.41, 5.74) is 3.27. The van der Waals surface area contributed by atoms with Gasteiger partial charge in [-0.25, -0.2) is 4.98 Å². The zero-order chi connectivity index (χ0) is 17.1. The molecule has 3 rings (SSSR count). The molecule has 0 spiro atoms. The van der Waals surface area contributed by atoms with Crippen molar-refractivity contribution >= 4 is 27.5 Å². The molecule has 1 aliphatic rings. The predicted octanol–water partition coefficient (Wildman–Crippen LogP) is 3.32. The number of carbonyl (C=O) groups is 1. The van der Waals surface area contributed by atoms with E-state index in [-0.39, 0.29) is 5.91 Å². The van der Waals surface area contributed by atoms with E-state index in [1.807, 2.05) is 30.5 Å². The van der Waals surface area contributed by atoms with Gasteiger partial charge in [-0.15, -0.1) is 0 Å². The molecular formula is C18H25BrN4O. The zero-order valence-electron chi connectivity index (χ0n) is 14.4. The van der Waals surface area contributed by atoms with E-state index in [1.54, 1.807) is 0 Å². The lowest BCUT2D eigenvalue weighted by molar-refractivity contribution is 0.0946. The minimum Gasteiger partial charge on any atom is -0.351 e. The van der Waals surface area contributed by atoms with Crippen molar-refractivity contribution in [2.45, 2.75) is 39.5 Å². The van der Waals surface area contributed by atoms with Crippen molar-refractivity contribution in [2.75, 3.05) is 26.2 Å². The van der Waals surface area contributed by atoms with Gasteiger partial charge < -0.3 is 10.2 Å². The van der Waals surface area contributed by atoms with Crippen LogP contribution in [-0.2, 0) is 0 Å². The van der Waals surface area contributed by atoms with Gasteiger partial charge in [0, 0.05) is 12.7 Å². The number of imidazole rings is 1. The van der Waals surface area contributed by atoms with Crippen molar-refractivity contribution < 1.29 is 4.79 Å². The topological polar surface area (TPSA) is 49.6 Å². The number of aromatic nitrogens is 2. The Morgan fingerprint density at radius 2 is 2.04 bits per heavy atom. The number of fused-ring (bicyclic) bond motifs is 1. The van der Waals surface area contributed by atoms with E-state index in [0.717, 1.165) is 40.8 Å². The molecule has 0 atom stereocenters. The number of amides is 1. The van der Waals surface area contributed by atoms with Crippen LogP contribution in [0.2, 0.25) is 0 Å². The summed E-state index contributed by atoms with van der Waals surface area (Å²) >= 11 is 3.53. The van der Waals surface area contributed by atoms with Crippen LogP contribution >= 0.6 is 15.9 Å². The first-order valence-electron chi connectivity index (χ1n) is 8.71. The average Bonchev–Trinajstić information content (AvgIpc) is 3.14. The summed E-state index contributed by atoms with van der Waals surface area (Å²) in [6.07, 6.45) is 6.78. The number of nitrogens with zero attached hydrogens (tertiary/aromatic N) is 3. The Bertz CT molecular complexity index is 734. The smallest absolute Gasteiger partial charge is 0.270 e. The van der Waals surface area contributed by atoms with Gasteiger partial charge in [-0.1, -0.05) is 0 Å². The Morgan fingerprint density at radius 1 is 1.29 bits per heavy atom. The summed E-state index contributed by atoms with van der Waals surface area (Å²) in [5.74, 6) is -0.0429. The molecule has 1 saturated heterocycles. The molecule has 1 fully saturated rings. The lowest BCUT2D eigenvalue weighted by atomic mass is 10.2. The van der Waals surface area contributed by atoms with Crippen LogP contribution in [0.3, 0.4) is 0 Å². The van der Waals surface area contributed by atoms with Crippen LogP contribution in [0.5, 0.6) is 0 Å². The summed E-state index contributed by atoms with van der Waals surface area (Å²) in [5, 5.41) is 3.05. The summed E-state index contributed by atoms with van der Waals surface area (Å²) in [6.45, 7) is 8.24. The minimum atomic E-state index is -0.0429. The number of nitrogens with one attached hydrogen (secondary N) is 1. The van der Waals surface area contributed by atoms with Crippen molar-refractivity contribution in [2.24, 2.45) is 0 Å². The van der Waals surface area contributed by atoms with Gasteiger partial charge >= 0.3 is 0 Å². The van der Waals surface area contributed by atoms with Crippen molar-refractivity contribution in [3.8, 4) is 0 Å². The Kier molecular flexibility index (Phi) is 5.56. The fourth-order valence-corrected chi connectivity index (χ4v) is 4.01. The molecule has 0 aliphatic carbocycles. The number of hydrogen-bond donors (Lipinski definition) is 1. The first kappa shape index (κ1) is 17.4. The Hall–Kier alpha value is -1.40. The number of aryl methyl sites for hydroxylation is 2. The molecule has 24 heavy (non-hydrogen) atoms. The molecule has 2 aromatic heterocycles. The Balaban J connectivity index is 1.58. The fraction of sp³-hybridized carbons (Fsp3) is 0.556. The molecular weight excluding hydrogens is 368 g/mol. The SMILES string of the molecule is Cc1cc(Br)c2nc(C)c(C(=O)NCCCCN3CCCC3)n2c1. The largest absolute Gasteiger partial charge is 0.351 e. The van der Waals surface area contributed by atoms with E-state index < -0.39 is 0 Å². The van der Waals surface area contributed by atoms with Crippen LogP contribution in [0, 0.1) is 13.8 Å². The number of hydrogen-bond acceptors (Lipinski definition) is 3. The van der Waals surface area contributed by atoms with E-state index in [4.69, 9.17) is 0 Å². The van der Waals surface area contributed by atoms with Crippen LogP contribution in [0.4, 0.5) is 0 Å². The predicted molar refractivity (Wildman–Crippen MR) is 99.6 cm³/mol. The number of carbonyl (C=O) groups excluding carboxylic acids is 1. The van der Waals surface area contributed by atoms with Crippen LogP contribution in [0.15, 0.2) is 16.7 Å². The van der Waals surface area contributed by atoms with Gasteiger partial charge in [0.1, 0.15) is 5.69 Å². The molecule has 0 radical (unpaired) electrons. The van der Waals surface area contributed by atoms with Crippen molar-refractivity contribution in [1.82, 2.24) is 19.6 Å². The van der Waals surface area contributed by atoms with E-state index in [2.05, 4.69) is 31.1 Å². The molecule has 1 N–H and O–H groups in total. The van der Waals surface area contributed by atoms with Gasteiger partial charge in [0.2, 0.25) is 0 Å². The molecule has 5 nitrogen and oxygen atoms in total. The number of pyridine rings is 1. The number of rotatable bonds is 6. The second-order valence-electron chi connectivity index (χ2n) is 6.62. The van der Waals surface area contributed by atoms with Crippen LogP contribution in [-0.4, -0.2) is 46.4 Å². The highest BCUT2D eigenvalue weighted by molar-refractivity contribution is 9.10. The summed E-state index contributed by atoms with van der Waals surface area (Å²) in [6, 6.07) is 2.02. The normalized spacial score (nSPS) is 15.3. The summed E-state index contributed by atoms with van der Waals surface area (Å²) in [4.78, 5) is 19.6. The molecule has 1 aliphatic heterocycles. The molecule has 0 aromatic carbocycles. The van der Waals surface area contributed by atoms with E-state index >= 15 is 0 Å². The highest BCUT2D eigenvalue weighted by Crippen LogP contribution is 2.22. The number of halogens is 1. The lowest BCUT2D eigenvalue weighted by Crippen LogP contribution is -2.27. The highest BCUT2D eigenvalue weighted by Gasteiger charge is 2.18. The summed E-state index contributed by atoms with van der Waals surface area (Å²) < 4.78 is 2.80. The van der Waals surface area contributed by atoms with E-state index in [9.17, 15) is 4.79 Å². The molecule has 130 valence electrons. The Morgan fingerprint density at radius 3 is 2.79 bits per heavy atom. The average molecular weight is 393 g/mol. The first-order chi connectivity index (χ1) is 11.6. The summed E-state index contributed by atoms with van der Waals surface area (Å²) in [7, 11) is 0. The molecule has 2 aromatic rings. The van der Waals surface area contributed by atoms with Gasteiger partial charge in [0.25, 0.3) is 5.91 Å². The molecule has 6 heteroatoms. The third-order valence-corrected chi connectivity index (χ3v) is 5.17. The third kappa shape index (κ3) is 3.81. The van der Waals surface area contributed by atoms with Gasteiger partial charge in [-0.05, 0) is 86.7 Å². The molecule has 3 heterocycles. The lowest BCUT2D eigenvalue weighted by Gasteiger charge is -2.14. The maximum atomic E-state index is 12.6. The highest BCUT2D eigenvalue weighted by atomic mass is 79.9. The molecule has 0 unspecified atom stereocenters. The second-order valence-corrected chi connectivity index (χ2v) is 7.47. The van der Waals surface area contributed by atoms with Crippen molar-refractivity contribution in [1.29, 1.82) is 0 Å². The Labute approximate surface area is 151 Å². The van der Waals surface area contributed by atoms with Crippen LogP contribution in [0.25, 0.3) is 5.65 Å². The monoisotopic (exact) mass is 392 g/mol. The molecule has 1 amide bonds. The first-order valence-corrected chi connectivity index (χ1v) is 9.51. The van der Waals surface area contributed by atoms with Gasteiger partial charge in [0.15, 0.2) is 5.65 Å². The van der Waals surface area contributed by atoms with Crippen LogP contribution in [0.1, 0.15) is 47.4 Å². The zero-order valence-corrected chi connectivity index (χ0v) is 16.0. The van der Waals surface area contributed by atoms with Crippen molar-refractivity contribution in [3.05, 3.63) is 33.7 Å². The van der Waals surface area contributed by atoms with Gasteiger partial charge in [-0.2, -0.15) is 0 Å². The van der Waals surface area contributed by atoms with Crippen molar-refractivity contribution in [3.63, 3.8) is 0 Å². The molecule has 0 saturated carbocycles. The van der Waals surface area contributed by atoms with Crippen LogP contribution < -0.4 is 5.32 Å². The third-order valence-electron chi connectivity index (χ3n) is 4.59.